The monoisotopic (exact) mass is 265 g/mol. The van der Waals surface area contributed by atoms with E-state index in [1.54, 1.807) is 0 Å². The van der Waals surface area contributed by atoms with Crippen LogP contribution in [-0.2, 0) is 4.79 Å². The zero-order valence-electron chi connectivity index (χ0n) is 12.3. The highest BCUT2D eigenvalue weighted by atomic mass is 16.2. The van der Waals surface area contributed by atoms with E-state index in [1.165, 1.54) is 25.7 Å². The smallest absolute Gasteiger partial charge is 0.240 e. The molecule has 3 saturated heterocycles. The molecular formula is C15H27N3O. The van der Waals surface area contributed by atoms with Crippen molar-refractivity contribution in [1.29, 1.82) is 0 Å². The number of nitrogens with zero attached hydrogens (tertiary/aromatic N) is 2. The first-order valence-corrected chi connectivity index (χ1v) is 7.91. The Kier molecular flexibility index (Phi) is 3.81. The maximum atomic E-state index is 12.7. The summed E-state index contributed by atoms with van der Waals surface area (Å²) < 4.78 is 0. The van der Waals surface area contributed by atoms with Crippen molar-refractivity contribution in [1.82, 2.24) is 15.1 Å². The molecule has 4 atom stereocenters. The summed E-state index contributed by atoms with van der Waals surface area (Å²) in [5.41, 5.74) is 0. The zero-order chi connectivity index (χ0) is 13.4. The van der Waals surface area contributed by atoms with Gasteiger partial charge in [0.1, 0.15) is 0 Å². The quantitative estimate of drug-likeness (QED) is 0.770. The minimum Gasteiger partial charge on any atom is -0.340 e. The fraction of sp³-hybridized carbons (Fsp3) is 0.933. The molecule has 4 nitrogen and oxygen atoms in total. The molecule has 3 rings (SSSR count). The summed E-state index contributed by atoms with van der Waals surface area (Å²) in [5, 5.41) is 3.44. The summed E-state index contributed by atoms with van der Waals surface area (Å²) in [6.07, 6.45) is 6.13. The molecule has 0 aromatic heterocycles. The van der Waals surface area contributed by atoms with Crippen molar-refractivity contribution in [3.05, 3.63) is 0 Å². The second-order valence-electron chi connectivity index (χ2n) is 6.67. The van der Waals surface area contributed by atoms with Crippen LogP contribution in [0.1, 0.15) is 39.0 Å². The lowest BCUT2D eigenvalue weighted by atomic mass is 9.91. The van der Waals surface area contributed by atoms with Crippen molar-refractivity contribution in [2.24, 2.45) is 5.92 Å². The van der Waals surface area contributed by atoms with E-state index in [0.29, 0.717) is 23.9 Å². The van der Waals surface area contributed by atoms with Gasteiger partial charge in [0.2, 0.25) is 5.91 Å². The minimum absolute atomic E-state index is 0.0654. The van der Waals surface area contributed by atoms with Gasteiger partial charge in [-0.1, -0.05) is 6.92 Å². The maximum Gasteiger partial charge on any atom is 0.240 e. The van der Waals surface area contributed by atoms with Gasteiger partial charge < -0.3 is 10.2 Å². The Bertz CT molecular complexity index is 346. The van der Waals surface area contributed by atoms with Crippen LogP contribution in [0.4, 0.5) is 0 Å². The Hall–Kier alpha value is -0.610. The van der Waals surface area contributed by atoms with E-state index in [9.17, 15) is 4.79 Å². The van der Waals surface area contributed by atoms with Gasteiger partial charge in [-0.3, -0.25) is 9.69 Å². The molecule has 0 aromatic carbocycles. The van der Waals surface area contributed by atoms with Crippen molar-refractivity contribution in [2.75, 3.05) is 26.7 Å². The van der Waals surface area contributed by atoms with Gasteiger partial charge >= 0.3 is 0 Å². The number of nitrogens with one attached hydrogen (secondary N) is 1. The lowest BCUT2D eigenvalue weighted by molar-refractivity contribution is -0.135. The van der Waals surface area contributed by atoms with E-state index in [4.69, 9.17) is 0 Å². The lowest BCUT2D eigenvalue weighted by Crippen LogP contribution is -2.53. The molecule has 0 radical (unpaired) electrons. The maximum absolute atomic E-state index is 12.7. The fourth-order valence-corrected chi connectivity index (χ4v) is 4.09. The van der Waals surface area contributed by atoms with Gasteiger partial charge in [-0.05, 0) is 51.6 Å². The predicted octanol–water partition coefficient (Wildman–Crippen LogP) is 1.07. The van der Waals surface area contributed by atoms with Gasteiger partial charge in [0.15, 0.2) is 0 Å². The summed E-state index contributed by atoms with van der Waals surface area (Å²) in [6.45, 7) is 5.11. The highest BCUT2D eigenvalue weighted by Gasteiger charge is 2.38. The van der Waals surface area contributed by atoms with E-state index in [0.717, 1.165) is 26.1 Å². The number of hydrogen-bond acceptors (Lipinski definition) is 3. The van der Waals surface area contributed by atoms with Crippen molar-refractivity contribution in [3.63, 3.8) is 0 Å². The summed E-state index contributed by atoms with van der Waals surface area (Å²) in [5.74, 6) is 0.840. The molecule has 3 heterocycles. The standard InChI is InChI=1S/C15H27N3O/c1-11-4-3-8-16-14(11)15(19)18-9-7-12-5-6-13(10-18)17(12)2/h11-14,16H,3-10H2,1-2H3. The number of amides is 1. The first-order valence-electron chi connectivity index (χ1n) is 7.91. The van der Waals surface area contributed by atoms with Crippen molar-refractivity contribution in [2.45, 2.75) is 57.2 Å². The first-order chi connectivity index (χ1) is 9.16. The van der Waals surface area contributed by atoms with Crippen LogP contribution in [0, 0.1) is 5.92 Å². The number of hydrogen-bond donors (Lipinski definition) is 1. The molecule has 3 aliphatic heterocycles. The molecular weight excluding hydrogens is 238 g/mol. The van der Waals surface area contributed by atoms with Crippen molar-refractivity contribution < 1.29 is 4.79 Å². The van der Waals surface area contributed by atoms with E-state index >= 15 is 0 Å². The van der Waals surface area contributed by atoms with Gasteiger partial charge in [-0.15, -0.1) is 0 Å². The Morgan fingerprint density at radius 1 is 1.16 bits per heavy atom. The van der Waals surface area contributed by atoms with E-state index in [2.05, 4.69) is 29.1 Å². The largest absolute Gasteiger partial charge is 0.340 e. The third-order valence-electron chi connectivity index (χ3n) is 5.50. The van der Waals surface area contributed by atoms with Gasteiger partial charge in [0.25, 0.3) is 0 Å². The van der Waals surface area contributed by atoms with Crippen LogP contribution in [0.3, 0.4) is 0 Å². The normalized spacial score (nSPS) is 40.2. The highest BCUT2D eigenvalue weighted by Crippen LogP contribution is 2.29. The fourth-order valence-electron chi connectivity index (χ4n) is 4.09. The van der Waals surface area contributed by atoms with Crippen LogP contribution in [0.15, 0.2) is 0 Å². The third-order valence-corrected chi connectivity index (χ3v) is 5.50. The third kappa shape index (κ3) is 2.52. The number of carbonyl (C=O) groups is 1. The molecule has 19 heavy (non-hydrogen) atoms. The Balaban J connectivity index is 1.66. The van der Waals surface area contributed by atoms with E-state index < -0.39 is 0 Å². The van der Waals surface area contributed by atoms with Gasteiger partial charge in [-0.25, -0.2) is 0 Å². The van der Waals surface area contributed by atoms with Crippen LogP contribution < -0.4 is 5.32 Å². The molecule has 4 heteroatoms. The van der Waals surface area contributed by atoms with E-state index in [-0.39, 0.29) is 6.04 Å². The molecule has 0 spiro atoms. The molecule has 108 valence electrons. The van der Waals surface area contributed by atoms with Gasteiger partial charge in [0, 0.05) is 25.2 Å². The minimum atomic E-state index is 0.0654. The summed E-state index contributed by atoms with van der Waals surface area (Å²) in [7, 11) is 2.23. The molecule has 1 amide bonds. The average molecular weight is 265 g/mol. The first kappa shape index (κ1) is 13.4. The molecule has 2 bridgehead atoms. The lowest BCUT2D eigenvalue weighted by Gasteiger charge is -2.34. The number of fused-ring (bicyclic) bond motifs is 2. The summed E-state index contributed by atoms with van der Waals surface area (Å²) in [6, 6.07) is 1.37. The Labute approximate surface area is 116 Å². The summed E-state index contributed by atoms with van der Waals surface area (Å²) in [4.78, 5) is 17.4. The number of carbonyl (C=O) groups excluding carboxylic acids is 1. The van der Waals surface area contributed by atoms with Gasteiger partial charge in [-0.2, -0.15) is 0 Å². The van der Waals surface area contributed by atoms with E-state index in [1.807, 2.05) is 0 Å². The molecule has 0 aromatic rings. The molecule has 4 unspecified atom stereocenters. The molecule has 3 fully saturated rings. The summed E-state index contributed by atoms with van der Waals surface area (Å²) >= 11 is 0. The second kappa shape index (κ2) is 5.41. The second-order valence-corrected chi connectivity index (χ2v) is 6.67. The molecule has 1 N–H and O–H groups in total. The molecule has 3 aliphatic rings. The van der Waals surface area contributed by atoms with Crippen LogP contribution in [-0.4, -0.2) is 60.5 Å². The topological polar surface area (TPSA) is 35.6 Å². The van der Waals surface area contributed by atoms with Crippen LogP contribution in [0.2, 0.25) is 0 Å². The number of likely N-dealkylation sites (tertiary alicyclic amines) is 1. The predicted molar refractivity (Wildman–Crippen MR) is 76.0 cm³/mol. The van der Waals surface area contributed by atoms with Crippen LogP contribution in [0.5, 0.6) is 0 Å². The number of likely N-dealkylation sites (N-methyl/N-ethyl adjacent to an activating group) is 1. The molecule has 0 saturated carbocycles. The van der Waals surface area contributed by atoms with Crippen LogP contribution in [0.25, 0.3) is 0 Å². The zero-order valence-corrected chi connectivity index (χ0v) is 12.3. The Morgan fingerprint density at radius 3 is 2.74 bits per heavy atom. The Morgan fingerprint density at radius 2 is 1.95 bits per heavy atom. The van der Waals surface area contributed by atoms with Crippen LogP contribution >= 0.6 is 0 Å². The van der Waals surface area contributed by atoms with Crippen molar-refractivity contribution >= 4 is 5.91 Å². The molecule has 0 aliphatic carbocycles. The van der Waals surface area contributed by atoms with Crippen molar-refractivity contribution in [3.8, 4) is 0 Å². The highest BCUT2D eigenvalue weighted by molar-refractivity contribution is 5.82. The SMILES string of the molecule is CC1CCCNC1C(=O)N1CCC2CCC(C1)N2C. The number of rotatable bonds is 1. The average Bonchev–Trinajstić information content (AvgIpc) is 2.63. The van der Waals surface area contributed by atoms with Gasteiger partial charge in [0.05, 0.1) is 6.04 Å². The number of piperidine rings is 1.